The molecule has 0 aliphatic rings. The summed E-state index contributed by atoms with van der Waals surface area (Å²) in [7, 11) is 0. The van der Waals surface area contributed by atoms with Crippen molar-refractivity contribution in [2.75, 3.05) is 6.61 Å². The summed E-state index contributed by atoms with van der Waals surface area (Å²) in [6.07, 6.45) is 2.60. The van der Waals surface area contributed by atoms with Gasteiger partial charge in [0.25, 0.3) is 0 Å². The number of ether oxygens (including phenoxy) is 1. The average Bonchev–Trinajstić information content (AvgIpc) is 2.29. The second-order valence-electron chi connectivity index (χ2n) is 3.08. The van der Waals surface area contributed by atoms with Gasteiger partial charge in [0.05, 0.1) is 4.47 Å². The molecule has 0 saturated carbocycles. The maximum Gasteiger partial charge on any atom is 0.328 e. The van der Waals surface area contributed by atoms with Crippen molar-refractivity contribution >= 4 is 28.0 Å². The molecule has 0 radical (unpaired) electrons. The maximum atomic E-state index is 10.4. The molecule has 1 N–H and O–H groups in total. The molecule has 0 fully saturated rings. The summed E-state index contributed by atoms with van der Waals surface area (Å²) in [6, 6.07) is 5.33. The highest BCUT2D eigenvalue weighted by atomic mass is 79.9. The number of carboxylic acids is 1. The quantitative estimate of drug-likeness (QED) is 0.686. The van der Waals surface area contributed by atoms with Crippen molar-refractivity contribution in [3.63, 3.8) is 0 Å². The lowest BCUT2D eigenvalue weighted by Gasteiger charge is -2.05. The second-order valence-corrected chi connectivity index (χ2v) is 3.93. The van der Waals surface area contributed by atoms with Gasteiger partial charge in [-0.25, -0.2) is 4.79 Å². The lowest BCUT2D eigenvalue weighted by Crippen LogP contribution is -1.94. The molecular weight excluding hydrogens is 284 g/mol. The Kier molecular flexibility index (Phi) is 5.31. The molecule has 0 aromatic heterocycles. The Morgan fingerprint density at radius 1 is 1.59 bits per heavy atom. The minimum atomic E-state index is -0.973. The van der Waals surface area contributed by atoms with Crippen LogP contribution in [-0.4, -0.2) is 17.7 Å². The highest BCUT2D eigenvalue weighted by Gasteiger charge is 2.00. The van der Waals surface area contributed by atoms with Crippen LogP contribution in [0.1, 0.15) is 12.5 Å². The zero-order valence-electron chi connectivity index (χ0n) is 9.24. The normalized spacial score (nSPS) is 9.76. The third kappa shape index (κ3) is 4.75. The van der Waals surface area contributed by atoms with E-state index < -0.39 is 5.97 Å². The number of benzene rings is 1. The molecule has 0 aliphatic heterocycles. The van der Waals surface area contributed by atoms with Crippen LogP contribution in [0.5, 0.6) is 5.75 Å². The standard InChI is InChI=1S/C13H11BrO3/c1-2-3-8-17-12-6-4-10(9-11(12)14)5-7-13(15)16/h4-7,9H,8H2,1H3,(H,15,16)/b7-5+. The Morgan fingerprint density at radius 2 is 2.35 bits per heavy atom. The van der Waals surface area contributed by atoms with E-state index in [2.05, 4.69) is 27.8 Å². The summed E-state index contributed by atoms with van der Waals surface area (Å²) in [5.74, 6) is 5.24. The number of carboxylic acid groups (broad SMARTS) is 1. The van der Waals surface area contributed by atoms with Crippen LogP contribution in [0.4, 0.5) is 0 Å². The fraction of sp³-hybridized carbons (Fsp3) is 0.154. The summed E-state index contributed by atoms with van der Waals surface area (Å²) >= 11 is 3.35. The summed E-state index contributed by atoms with van der Waals surface area (Å²) in [5, 5.41) is 8.50. The third-order valence-electron chi connectivity index (χ3n) is 1.85. The molecule has 88 valence electrons. The van der Waals surface area contributed by atoms with Crippen molar-refractivity contribution in [1.82, 2.24) is 0 Å². The second kappa shape index (κ2) is 6.77. The van der Waals surface area contributed by atoms with Crippen molar-refractivity contribution in [2.45, 2.75) is 6.92 Å². The van der Waals surface area contributed by atoms with Gasteiger partial charge in [-0.1, -0.05) is 12.0 Å². The Morgan fingerprint density at radius 3 is 2.94 bits per heavy atom. The van der Waals surface area contributed by atoms with E-state index in [9.17, 15) is 4.79 Å². The van der Waals surface area contributed by atoms with Crippen molar-refractivity contribution in [1.29, 1.82) is 0 Å². The molecule has 0 amide bonds. The maximum absolute atomic E-state index is 10.4. The number of hydrogen-bond donors (Lipinski definition) is 1. The monoisotopic (exact) mass is 294 g/mol. The number of hydrogen-bond acceptors (Lipinski definition) is 2. The summed E-state index contributed by atoms with van der Waals surface area (Å²) in [6.45, 7) is 2.08. The molecule has 3 nitrogen and oxygen atoms in total. The van der Waals surface area contributed by atoms with Gasteiger partial charge in [-0.15, -0.1) is 5.92 Å². The van der Waals surface area contributed by atoms with E-state index in [4.69, 9.17) is 9.84 Å². The van der Waals surface area contributed by atoms with Crippen LogP contribution in [-0.2, 0) is 4.79 Å². The van der Waals surface area contributed by atoms with Crippen molar-refractivity contribution < 1.29 is 14.6 Å². The van der Waals surface area contributed by atoms with Crippen LogP contribution in [0.2, 0.25) is 0 Å². The van der Waals surface area contributed by atoms with Crippen molar-refractivity contribution in [3.05, 3.63) is 34.3 Å². The van der Waals surface area contributed by atoms with Gasteiger partial charge in [0, 0.05) is 6.08 Å². The molecule has 1 aromatic rings. The lowest BCUT2D eigenvalue weighted by molar-refractivity contribution is -0.131. The van der Waals surface area contributed by atoms with Gasteiger partial charge in [0.15, 0.2) is 0 Å². The van der Waals surface area contributed by atoms with Crippen molar-refractivity contribution in [3.8, 4) is 17.6 Å². The highest BCUT2D eigenvalue weighted by molar-refractivity contribution is 9.10. The van der Waals surface area contributed by atoms with Gasteiger partial charge in [0.2, 0.25) is 0 Å². The summed E-state index contributed by atoms with van der Waals surface area (Å²) in [5.41, 5.74) is 0.785. The smallest absolute Gasteiger partial charge is 0.328 e. The molecule has 17 heavy (non-hydrogen) atoms. The van der Waals surface area contributed by atoms with Crippen LogP contribution in [0.3, 0.4) is 0 Å². The van der Waals surface area contributed by atoms with E-state index in [-0.39, 0.29) is 0 Å². The minimum Gasteiger partial charge on any atom is -0.480 e. The van der Waals surface area contributed by atoms with Gasteiger partial charge in [0.1, 0.15) is 12.4 Å². The summed E-state index contributed by atoms with van der Waals surface area (Å²) < 4.78 is 6.16. The van der Waals surface area contributed by atoms with Crippen LogP contribution in [0.25, 0.3) is 6.08 Å². The third-order valence-corrected chi connectivity index (χ3v) is 2.47. The molecule has 0 spiro atoms. The van der Waals surface area contributed by atoms with E-state index >= 15 is 0 Å². The Balaban J connectivity index is 2.77. The fourth-order valence-electron chi connectivity index (χ4n) is 1.09. The van der Waals surface area contributed by atoms with E-state index in [0.717, 1.165) is 16.1 Å². The van der Waals surface area contributed by atoms with E-state index in [1.807, 2.05) is 0 Å². The number of rotatable bonds is 4. The van der Waals surface area contributed by atoms with E-state index in [1.54, 1.807) is 25.1 Å². The van der Waals surface area contributed by atoms with Crippen LogP contribution < -0.4 is 4.74 Å². The van der Waals surface area contributed by atoms with Gasteiger partial charge < -0.3 is 9.84 Å². The van der Waals surface area contributed by atoms with Gasteiger partial charge in [-0.2, -0.15) is 0 Å². The van der Waals surface area contributed by atoms with Gasteiger partial charge in [-0.05, 0) is 46.6 Å². The molecule has 0 unspecified atom stereocenters. The Hall–Kier alpha value is -1.73. The predicted molar refractivity (Wildman–Crippen MR) is 69.8 cm³/mol. The summed E-state index contributed by atoms with van der Waals surface area (Å²) in [4.78, 5) is 10.4. The molecular formula is C13H11BrO3. The first-order valence-electron chi connectivity index (χ1n) is 4.86. The Labute approximate surface area is 108 Å². The van der Waals surface area contributed by atoms with E-state index in [1.165, 1.54) is 6.08 Å². The van der Waals surface area contributed by atoms with Crippen LogP contribution in [0.15, 0.2) is 28.7 Å². The minimum absolute atomic E-state index is 0.333. The number of halogens is 1. The van der Waals surface area contributed by atoms with E-state index in [0.29, 0.717) is 12.4 Å². The van der Waals surface area contributed by atoms with Crippen molar-refractivity contribution in [2.24, 2.45) is 0 Å². The van der Waals surface area contributed by atoms with Gasteiger partial charge >= 0.3 is 5.97 Å². The number of carbonyl (C=O) groups is 1. The number of aliphatic carboxylic acids is 1. The molecule has 1 aromatic carbocycles. The average molecular weight is 295 g/mol. The zero-order valence-corrected chi connectivity index (χ0v) is 10.8. The van der Waals surface area contributed by atoms with Gasteiger partial charge in [-0.3, -0.25) is 0 Å². The first kappa shape index (κ1) is 13.3. The predicted octanol–water partition coefficient (Wildman–Crippen LogP) is 2.95. The molecule has 4 heteroatoms. The molecule has 0 aliphatic carbocycles. The van der Waals surface area contributed by atoms with Crippen LogP contribution in [0, 0.1) is 11.8 Å². The fourth-order valence-corrected chi connectivity index (χ4v) is 1.60. The lowest BCUT2D eigenvalue weighted by atomic mass is 10.2. The molecule has 0 atom stereocenters. The SMILES string of the molecule is CC#CCOc1ccc(/C=C/C(=O)O)cc1Br. The van der Waals surface area contributed by atoms with Crippen LogP contribution >= 0.6 is 15.9 Å². The Bertz CT molecular complexity index is 495. The highest BCUT2D eigenvalue weighted by Crippen LogP contribution is 2.26. The molecule has 0 heterocycles. The molecule has 0 bridgehead atoms. The molecule has 0 saturated heterocycles. The first-order valence-corrected chi connectivity index (χ1v) is 5.65. The zero-order chi connectivity index (χ0) is 12.7. The largest absolute Gasteiger partial charge is 0.480 e. The first-order chi connectivity index (χ1) is 8.13. The molecule has 1 rings (SSSR count). The topological polar surface area (TPSA) is 46.5 Å².